The van der Waals surface area contributed by atoms with Gasteiger partial charge in [0.1, 0.15) is 5.82 Å². The van der Waals surface area contributed by atoms with E-state index < -0.39 is 0 Å². The van der Waals surface area contributed by atoms with Gasteiger partial charge in [-0.15, -0.1) is 0 Å². The Morgan fingerprint density at radius 2 is 1.75 bits per heavy atom. The van der Waals surface area contributed by atoms with Crippen LogP contribution >= 0.6 is 0 Å². The minimum absolute atomic E-state index is 0.00992. The summed E-state index contributed by atoms with van der Waals surface area (Å²) in [5.41, 5.74) is 13.0. The molecular formula is C17H22N6O. The van der Waals surface area contributed by atoms with E-state index >= 15 is 0 Å². The van der Waals surface area contributed by atoms with Crippen molar-refractivity contribution in [3.63, 3.8) is 0 Å². The largest absolute Gasteiger partial charge is 0.383 e. The Bertz CT molecular complexity index is 920. The number of nitrogen functional groups attached to an aromatic ring is 2. The number of carbonyl (C=O) groups is 1. The maximum Gasteiger partial charge on any atom is 0.251 e. The lowest BCUT2D eigenvalue weighted by Gasteiger charge is -2.23. The first-order chi connectivity index (χ1) is 11.3. The van der Waals surface area contributed by atoms with E-state index in [1.54, 1.807) is 12.3 Å². The van der Waals surface area contributed by atoms with Gasteiger partial charge < -0.3 is 11.5 Å². The number of anilines is 2. The molecule has 24 heavy (non-hydrogen) atoms. The van der Waals surface area contributed by atoms with Crippen molar-refractivity contribution in [1.82, 2.24) is 19.7 Å². The standard InChI is InChI=1S/C17H22N6O/c1-8(2)13(9(3)4)16(24)23-12-6-5-11-14(10(12)7-20-23)15(18)22-17(19)21-11/h5-9,13H,1-4H3,(H4,18,19,21,22). The predicted octanol–water partition coefficient (Wildman–Crippen LogP) is 2.71. The smallest absolute Gasteiger partial charge is 0.251 e. The zero-order valence-corrected chi connectivity index (χ0v) is 14.3. The second-order valence-electron chi connectivity index (χ2n) is 6.77. The fourth-order valence-electron chi connectivity index (χ4n) is 3.44. The van der Waals surface area contributed by atoms with Crippen LogP contribution < -0.4 is 11.5 Å². The van der Waals surface area contributed by atoms with Crippen LogP contribution in [0.4, 0.5) is 11.8 Å². The summed E-state index contributed by atoms with van der Waals surface area (Å²) in [5.74, 6) is 0.755. The van der Waals surface area contributed by atoms with Crippen LogP contribution in [-0.2, 0) is 0 Å². The summed E-state index contributed by atoms with van der Waals surface area (Å²) in [4.78, 5) is 21.2. The highest BCUT2D eigenvalue weighted by atomic mass is 16.2. The van der Waals surface area contributed by atoms with Gasteiger partial charge in [-0.05, 0) is 24.0 Å². The monoisotopic (exact) mass is 326 g/mol. The number of hydrogen-bond acceptors (Lipinski definition) is 6. The van der Waals surface area contributed by atoms with Crippen molar-refractivity contribution in [3.8, 4) is 0 Å². The van der Waals surface area contributed by atoms with Gasteiger partial charge in [0.2, 0.25) is 5.95 Å². The van der Waals surface area contributed by atoms with Crippen molar-refractivity contribution < 1.29 is 4.79 Å². The Morgan fingerprint density at radius 1 is 1.08 bits per heavy atom. The lowest BCUT2D eigenvalue weighted by atomic mass is 9.85. The molecule has 0 amide bonds. The first-order valence-corrected chi connectivity index (χ1v) is 8.05. The van der Waals surface area contributed by atoms with Gasteiger partial charge in [0, 0.05) is 11.3 Å². The zero-order valence-electron chi connectivity index (χ0n) is 14.3. The molecule has 0 fully saturated rings. The number of benzene rings is 1. The summed E-state index contributed by atoms with van der Waals surface area (Å²) in [5, 5.41) is 5.75. The first-order valence-electron chi connectivity index (χ1n) is 8.05. The van der Waals surface area contributed by atoms with Crippen molar-refractivity contribution in [2.75, 3.05) is 11.5 Å². The third-order valence-corrected chi connectivity index (χ3v) is 4.39. The van der Waals surface area contributed by atoms with Crippen LogP contribution in [0.1, 0.15) is 32.5 Å². The Morgan fingerprint density at radius 3 is 2.38 bits per heavy atom. The zero-order chi connectivity index (χ0) is 17.6. The highest BCUT2D eigenvalue weighted by Crippen LogP contribution is 2.30. The van der Waals surface area contributed by atoms with Gasteiger partial charge in [0.25, 0.3) is 5.91 Å². The Labute approximate surface area is 140 Å². The highest BCUT2D eigenvalue weighted by Gasteiger charge is 2.28. The molecule has 0 saturated heterocycles. The predicted molar refractivity (Wildman–Crippen MR) is 95.4 cm³/mol. The summed E-state index contributed by atoms with van der Waals surface area (Å²) in [6, 6.07) is 3.61. The first kappa shape index (κ1) is 16.2. The van der Waals surface area contributed by atoms with Gasteiger partial charge >= 0.3 is 0 Å². The van der Waals surface area contributed by atoms with Crippen LogP contribution in [0, 0.1) is 17.8 Å². The Hall–Kier alpha value is -2.70. The van der Waals surface area contributed by atoms with Crippen LogP contribution in [0.2, 0.25) is 0 Å². The molecule has 4 N–H and O–H groups in total. The molecule has 0 bridgehead atoms. The molecule has 0 spiro atoms. The van der Waals surface area contributed by atoms with Crippen LogP contribution in [0.3, 0.4) is 0 Å². The van der Waals surface area contributed by atoms with E-state index in [0.29, 0.717) is 22.2 Å². The van der Waals surface area contributed by atoms with Gasteiger partial charge in [-0.1, -0.05) is 27.7 Å². The van der Waals surface area contributed by atoms with E-state index in [4.69, 9.17) is 11.5 Å². The minimum Gasteiger partial charge on any atom is -0.383 e. The second-order valence-corrected chi connectivity index (χ2v) is 6.77. The molecule has 0 aliphatic rings. The molecule has 3 rings (SSSR count). The maximum atomic E-state index is 13.0. The van der Waals surface area contributed by atoms with Crippen LogP contribution in [0.5, 0.6) is 0 Å². The molecule has 2 heterocycles. The number of rotatable bonds is 3. The van der Waals surface area contributed by atoms with Crippen LogP contribution in [-0.4, -0.2) is 25.7 Å². The second kappa shape index (κ2) is 5.74. The molecule has 2 aromatic heterocycles. The molecule has 0 unspecified atom stereocenters. The summed E-state index contributed by atoms with van der Waals surface area (Å²) < 4.78 is 1.47. The summed E-state index contributed by atoms with van der Waals surface area (Å²) in [6.07, 6.45) is 1.64. The molecule has 1 aromatic carbocycles. The molecule has 0 saturated carbocycles. The Kier molecular flexibility index (Phi) is 3.87. The minimum atomic E-state index is -0.108. The van der Waals surface area contributed by atoms with Crippen molar-refractivity contribution in [2.45, 2.75) is 27.7 Å². The summed E-state index contributed by atoms with van der Waals surface area (Å²) in [7, 11) is 0. The van der Waals surface area contributed by atoms with Crippen LogP contribution in [0.15, 0.2) is 18.3 Å². The fourth-order valence-corrected chi connectivity index (χ4v) is 3.44. The average molecular weight is 326 g/mol. The van der Waals surface area contributed by atoms with E-state index in [1.807, 2.05) is 6.07 Å². The normalized spacial score (nSPS) is 12.1. The van der Waals surface area contributed by atoms with Crippen molar-refractivity contribution in [3.05, 3.63) is 18.3 Å². The molecule has 0 radical (unpaired) electrons. The van der Waals surface area contributed by atoms with E-state index in [-0.39, 0.29) is 29.6 Å². The SMILES string of the molecule is CC(C)C(C(=O)n1ncc2c3c(N)nc(N)nc3ccc21)C(C)C. The number of aromatic nitrogens is 4. The molecule has 7 nitrogen and oxygen atoms in total. The third-order valence-electron chi connectivity index (χ3n) is 4.39. The number of nitrogens with zero attached hydrogens (tertiary/aromatic N) is 4. The van der Waals surface area contributed by atoms with Gasteiger partial charge in [0.15, 0.2) is 0 Å². The van der Waals surface area contributed by atoms with Gasteiger partial charge in [-0.3, -0.25) is 4.79 Å². The summed E-state index contributed by atoms with van der Waals surface area (Å²) in [6.45, 7) is 8.22. The van der Waals surface area contributed by atoms with E-state index in [0.717, 1.165) is 5.39 Å². The molecular weight excluding hydrogens is 304 g/mol. The summed E-state index contributed by atoms with van der Waals surface area (Å²) >= 11 is 0. The third kappa shape index (κ3) is 2.46. The van der Waals surface area contributed by atoms with Gasteiger partial charge in [-0.2, -0.15) is 14.8 Å². The lowest BCUT2D eigenvalue weighted by molar-refractivity contribution is 0.0737. The lowest BCUT2D eigenvalue weighted by Crippen LogP contribution is -2.30. The van der Waals surface area contributed by atoms with E-state index in [9.17, 15) is 4.79 Å². The van der Waals surface area contributed by atoms with Crippen molar-refractivity contribution in [1.29, 1.82) is 0 Å². The van der Waals surface area contributed by atoms with Crippen molar-refractivity contribution in [2.24, 2.45) is 17.8 Å². The quantitative estimate of drug-likeness (QED) is 0.765. The van der Waals surface area contributed by atoms with Crippen LogP contribution in [0.25, 0.3) is 21.8 Å². The van der Waals surface area contributed by atoms with Crippen molar-refractivity contribution >= 4 is 39.5 Å². The maximum absolute atomic E-state index is 13.0. The topological polar surface area (TPSA) is 113 Å². The number of nitrogens with two attached hydrogens (primary N) is 2. The molecule has 3 aromatic rings. The number of hydrogen-bond donors (Lipinski definition) is 2. The highest BCUT2D eigenvalue weighted by molar-refractivity contribution is 6.11. The van der Waals surface area contributed by atoms with E-state index in [2.05, 4.69) is 42.8 Å². The molecule has 126 valence electrons. The molecule has 7 heteroatoms. The average Bonchev–Trinajstić information content (AvgIpc) is 2.89. The molecule has 0 aliphatic carbocycles. The van der Waals surface area contributed by atoms with E-state index in [1.165, 1.54) is 4.68 Å². The number of carbonyl (C=O) groups excluding carboxylic acids is 1. The Balaban J connectivity index is 2.22. The van der Waals surface area contributed by atoms with Gasteiger partial charge in [0.05, 0.1) is 22.6 Å². The number of fused-ring (bicyclic) bond motifs is 3. The fraction of sp³-hybridized carbons (Fsp3) is 0.412. The van der Waals surface area contributed by atoms with Gasteiger partial charge in [-0.25, -0.2) is 4.98 Å². The molecule has 0 aliphatic heterocycles. The molecule has 0 atom stereocenters.